The van der Waals surface area contributed by atoms with Crippen LogP contribution in [0.3, 0.4) is 0 Å². The molecule has 0 radical (unpaired) electrons. The van der Waals surface area contributed by atoms with Gasteiger partial charge in [0.2, 0.25) is 5.91 Å². The minimum Gasteiger partial charge on any atom is -0.497 e. The molecule has 8 nitrogen and oxygen atoms in total. The highest BCUT2D eigenvalue weighted by Gasteiger charge is 2.23. The monoisotopic (exact) mass is 411 g/mol. The molecule has 0 atom stereocenters. The lowest BCUT2D eigenvalue weighted by atomic mass is 10.2. The Morgan fingerprint density at radius 1 is 0.933 bits per heavy atom. The SMILES string of the molecule is COc1ccc(NC(=O)c2ccc(NC(=O)C[NH+]3CCN(C(C)=O)CC3)cc2)cc1. The molecule has 0 aromatic heterocycles. The van der Waals surface area contributed by atoms with Crippen molar-refractivity contribution < 1.29 is 24.0 Å². The lowest BCUT2D eigenvalue weighted by molar-refractivity contribution is -0.895. The highest BCUT2D eigenvalue weighted by Crippen LogP contribution is 2.16. The number of methoxy groups -OCH3 is 1. The van der Waals surface area contributed by atoms with Crippen molar-refractivity contribution in [1.29, 1.82) is 0 Å². The summed E-state index contributed by atoms with van der Waals surface area (Å²) in [6.45, 7) is 4.80. The van der Waals surface area contributed by atoms with Crippen molar-refractivity contribution in [3.8, 4) is 5.75 Å². The molecule has 0 aliphatic carbocycles. The number of nitrogens with one attached hydrogen (secondary N) is 3. The number of amides is 3. The molecule has 0 bridgehead atoms. The largest absolute Gasteiger partial charge is 0.497 e. The third-order valence-electron chi connectivity index (χ3n) is 5.11. The normalized spacial score (nSPS) is 14.1. The predicted octanol–water partition coefficient (Wildman–Crippen LogP) is 0.633. The van der Waals surface area contributed by atoms with Crippen LogP contribution in [0.25, 0.3) is 0 Å². The summed E-state index contributed by atoms with van der Waals surface area (Å²) in [5.74, 6) is 0.479. The molecule has 3 amide bonds. The Morgan fingerprint density at radius 2 is 1.50 bits per heavy atom. The molecule has 0 unspecified atom stereocenters. The Balaban J connectivity index is 1.48. The highest BCUT2D eigenvalue weighted by molar-refractivity contribution is 6.04. The van der Waals surface area contributed by atoms with Gasteiger partial charge in [-0.2, -0.15) is 0 Å². The van der Waals surface area contributed by atoms with Gasteiger partial charge in [0, 0.05) is 23.9 Å². The quantitative estimate of drug-likeness (QED) is 0.650. The number of ether oxygens (including phenoxy) is 1. The van der Waals surface area contributed by atoms with Gasteiger partial charge in [0.05, 0.1) is 33.3 Å². The van der Waals surface area contributed by atoms with E-state index in [0.29, 0.717) is 36.6 Å². The fourth-order valence-corrected chi connectivity index (χ4v) is 3.33. The number of quaternary nitrogens is 1. The fourth-order valence-electron chi connectivity index (χ4n) is 3.33. The minimum atomic E-state index is -0.231. The van der Waals surface area contributed by atoms with Crippen LogP contribution in [0.4, 0.5) is 11.4 Å². The van der Waals surface area contributed by atoms with Gasteiger partial charge in [-0.05, 0) is 48.5 Å². The molecule has 0 saturated carbocycles. The summed E-state index contributed by atoms with van der Waals surface area (Å²) >= 11 is 0. The number of benzene rings is 2. The second-order valence-corrected chi connectivity index (χ2v) is 7.24. The number of hydrogen-bond acceptors (Lipinski definition) is 4. The Bertz CT molecular complexity index is 888. The molecule has 2 aromatic rings. The van der Waals surface area contributed by atoms with E-state index >= 15 is 0 Å². The zero-order valence-corrected chi connectivity index (χ0v) is 17.2. The fraction of sp³-hybridized carbons (Fsp3) is 0.318. The van der Waals surface area contributed by atoms with Gasteiger partial charge in [-0.3, -0.25) is 14.4 Å². The number of carbonyl (C=O) groups is 3. The van der Waals surface area contributed by atoms with E-state index in [9.17, 15) is 14.4 Å². The van der Waals surface area contributed by atoms with Crippen LogP contribution in [0, 0.1) is 0 Å². The average molecular weight is 411 g/mol. The van der Waals surface area contributed by atoms with E-state index < -0.39 is 0 Å². The van der Waals surface area contributed by atoms with Crippen LogP contribution in [0.5, 0.6) is 5.75 Å². The van der Waals surface area contributed by atoms with E-state index in [1.807, 2.05) is 0 Å². The van der Waals surface area contributed by atoms with Crippen molar-refractivity contribution in [2.75, 3.05) is 50.5 Å². The molecular formula is C22H27N4O4+. The zero-order valence-electron chi connectivity index (χ0n) is 17.2. The van der Waals surface area contributed by atoms with Crippen LogP contribution in [-0.2, 0) is 9.59 Å². The maximum absolute atomic E-state index is 12.4. The van der Waals surface area contributed by atoms with Crippen molar-refractivity contribution in [3.63, 3.8) is 0 Å². The van der Waals surface area contributed by atoms with Crippen LogP contribution in [0.1, 0.15) is 17.3 Å². The average Bonchev–Trinajstić information content (AvgIpc) is 2.75. The van der Waals surface area contributed by atoms with Crippen molar-refractivity contribution in [3.05, 3.63) is 54.1 Å². The lowest BCUT2D eigenvalue weighted by Gasteiger charge is -2.31. The predicted molar refractivity (Wildman–Crippen MR) is 114 cm³/mol. The lowest BCUT2D eigenvalue weighted by Crippen LogP contribution is -3.15. The van der Waals surface area contributed by atoms with E-state index in [1.54, 1.807) is 67.5 Å². The van der Waals surface area contributed by atoms with Crippen molar-refractivity contribution in [2.24, 2.45) is 0 Å². The molecule has 2 aromatic carbocycles. The van der Waals surface area contributed by atoms with Gasteiger partial charge in [-0.25, -0.2) is 0 Å². The van der Waals surface area contributed by atoms with Gasteiger partial charge < -0.3 is 25.2 Å². The van der Waals surface area contributed by atoms with Crippen molar-refractivity contribution in [1.82, 2.24) is 4.90 Å². The molecule has 3 rings (SSSR count). The van der Waals surface area contributed by atoms with Crippen LogP contribution < -0.4 is 20.3 Å². The van der Waals surface area contributed by atoms with Gasteiger partial charge in [0.25, 0.3) is 11.8 Å². The maximum Gasteiger partial charge on any atom is 0.279 e. The summed E-state index contributed by atoms with van der Waals surface area (Å²) in [4.78, 5) is 39.0. The van der Waals surface area contributed by atoms with E-state index in [0.717, 1.165) is 23.7 Å². The number of anilines is 2. The second kappa shape index (κ2) is 9.89. The van der Waals surface area contributed by atoms with E-state index in [4.69, 9.17) is 4.74 Å². The van der Waals surface area contributed by atoms with E-state index in [2.05, 4.69) is 10.6 Å². The first kappa shape index (κ1) is 21.3. The molecule has 8 heteroatoms. The first-order chi connectivity index (χ1) is 14.4. The summed E-state index contributed by atoms with van der Waals surface area (Å²) < 4.78 is 5.10. The Labute approximate surface area is 175 Å². The molecule has 1 aliphatic rings. The molecule has 1 fully saturated rings. The summed E-state index contributed by atoms with van der Waals surface area (Å²) in [5, 5.41) is 5.69. The van der Waals surface area contributed by atoms with Gasteiger partial charge >= 0.3 is 0 Å². The van der Waals surface area contributed by atoms with Crippen LogP contribution in [0.2, 0.25) is 0 Å². The van der Waals surface area contributed by atoms with Gasteiger partial charge in [-0.15, -0.1) is 0 Å². The zero-order chi connectivity index (χ0) is 21.5. The third kappa shape index (κ3) is 5.81. The maximum atomic E-state index is 12.4. The minimum absolute atomic E-state index is 0.0784. The van der Waals surface area contributed by atoms with E-state index in [1.165, 1.54) is 0 Å². The summed E-state index contributed by atoms with van der Waals surface area (Å²) in [7, 11) is 1.59. The Morgan fingerprint density at radius 3 is 2.07 bits per heavy atom. The molecule has 3 N–H and O–H groups in total. The Kier molecular flexibility index (Phi) is 7.03. The van der Waals surface area contributed by atoms with E-state index in [-0.39, 0.29) is 17.7 Å². The van der Waals surface area contributed by atoms with Crippen molar-refractivity contribution >= 4 is 29.1 Å². The first-order valence-electron chi connectivity index (χ1n) is 9.89. The number of piperazine rings is 1. The number of hydrogen-bond donors (Lipinski definition) is 3. The standard InChI is InChI=1S/C22H26N4O4/c1-16(27)26-13-11-25(12-14-26)15-21(28)23-18-5-3-17(4-6-18)22(29)24-19-7-9-20(30-2)10-8-19/h3-10H,11-15H2,1-2H3,(H,23,28)(H,24,29)/p+1. The number of rotatable bonds is 6. The van der Waals surface area contributed by atoms with Crippen molar-refractivity contribution in [2.45, 2.75) is 6.92 Å². The number of nitrogens with zero attached hydrogens (tertiary/aromatic N) is 1. The van der Waals surface area contributed by atoms with Gasteiger partial charge in [-0.1, -0.05) is 0 Å². The molecule has 158 valence electrons. The summed E-state index contributed by atoms with van der Waals surface area (Å²) in [6, 6.07) is 13.9. The molecular weight excluding hydrogens is 384 g/mol. The second-order valence-electron chi connectivity index (χ2n) is 7.24. The van der Waals surface area contributed by atoms with Crippen LogP contribution in [0.15, 0.2) is 48.5 Å². The van der Waals surface area contributed by atoms with Crippen LogP contribution in [-0.4, -0.2) is 62.5 Å². The highest BCUT2D eigenvalue weighted by atomic mass is 16.5. The Hall–Kier alpha value is -3.39. The smallest absolute Gasteiger partial charge is 0.279 e. The van der Waals surface area contributed by atoms with Crippen LogP contribution >= 0.6 is 0 Å². The summed E-state index contributed by atoms with van der Waals surface area (Å²) in [6.07, 6.45) is 0. The molecule has 1 saturated heterocycles. The molecule has 1 aliphatic heterocycles. The van der Waals surface area contributed by atoms with Gasteiger partial charge in [0.1, 0.15) is 5.75 Å². The summed E-state index contributed by atoms with van der Waals surface area (Å²) in [5.41, 5.74) is 1.81. The molecule has 1 heterocycles. The third-order valence-corrected chi connectivity index (χ3v) is 5.11. The molecule has 0 spiro atoms. The first-order valence-corrected chi connectivity index (χ1v) is 9.89. The topological polar surface area (TPSA) is 92.2 Å². The molecule has 30 heavy (non-hydrogen) atoms. The number of carbonyl (C=O) groups excluding carboxylic acids is 3. The van der Waals surface area contributed by atoms with Gasteiger partial charge in [0.15, 0.2) is 6.54 Å².